The maximum atomic E-state index is 9.55. The molecule has 3 heteroatoms. The molecular formula is C8H13BOS. The summed E-state index contributed by atoms with van der Waals surface area (Å²) >= 11 is 1.63. The predicted octanol–water partition coefficient (Wildman–Crippen LogP) is 1.74. The Bertz CT molecular complexity index is 186. The molecule has 1 nitrogen and oxygen atoms in total. The van der Waals surface area contributed by atoms with Gasteiger partial charge in [-0.1, -0.05) is 31.9 Å². The van der Waals surface area contributed by atoms with Gasteiger partial charge in [0.05, 0.1) is 0 Å². The first-order valence-electron chi connectivity index (χ1n) is 4.06. The molecule has 0 spiro atoms. The van der Waals surface area contributed by atoms with Crippen LogP contribution in [0.15, 0.2) is 17.5 Å². The summed E-state index contributed by atoms with van der Waals surface area (Å²) in [7, 11) is 0. The average molecular weight is 168 g/mol. The lowest BCUT2D eigenvalue weighted by Crippen LogP contribution is -2.26. The minimum absolute atomic E-state index is 0.227. The van der Waals surface area contributed by atoms with Crippen molar-refractivity contribution in [2.24, 2.45) is 0 Å². The molecule has 0 aliphatic rings. The van der Waals surface area contributed by atoms with Crippen molar-refractivity contribution in [2.75, 3.05) is 0 Å². The molecule has 0 atom stereocenters. The molecule has 0 aromatic carbocycles. The third kappa shape index (κ3) is 2.68. The number of unbranched alkanes of at least 4 members (excludes halogenated alkanes) is 1. The summed E-state index contributed by atoms with van der Waals surface area (Å²) in [4.78, 5) is 0. The third-order valence-corrected chi connectivity index (χ3v) is 2.68. The maximum Gasteiger partial charge on any atom is 0.334 e. The van der Waals surface area contributed by atoms with E-state index in [1.54, 1.807) is 11.3 Å². The fourth-order valence-electron chi connectivity index (χ4n) is 1.02. The average Bonchev–Trinajstić information content (AvgIpc) is 2.52. The van der Waals surface area contributed by atoms with Crippen molar-refractivity contribution >= 4 is 23.0 Å². The number of hydrogen-bond donors (Lipinski definition) is 1. The van der Waals surface area contributed by atoms with Crippen molar-refractivity contribution in [1.29, 1.82) is 0 Å². The van der Waals surface area contributed by atoms with Crippen molar-refractivity contribution in [3.8, 4) is 0 Å². The van der Waals surface area contributed by atoms with Crippen LogP contribution in [-0.2, 0) is 0 Å². The van der Waals surface area contributed by atoms with E-state index in [0.29, 0.717) is 0 Å². The Balaban J connectivity index is 2.36. The van der Waals surface area contributed by atoms with Crippen molar-refractivity contribution in [3.63, 3.8) is 0 Å². The first-order chi connectivity index (χ1) is 5.34. The third-order valence-electron chi connectivity index (χ3n) is 1.70. The summed E-state index contributed by atoms with van der Waals surface area (Å²) in [5.41, 5.74) is 0. The van der Waals surface area contributed by atoms with Crippen molar-refractivity contribution in [1.82, 2.24) is 0 Å². The van der Waals surface area contributed by atoms with E-state index in [2.05, 4.69) is 6.92 Å². The van der Waals surface area contributed by atoms with Gasteiger partial charge in [0.2, 0.25) is 0 Å². The maximum absolute atomic E-state index is 9.55. The summed E-state index contributed by atoms with van der Waals surface area (Å²) in [5, 5.41) is 11.6. The highest BCUT2D eigenvalue weighted by Gasteiger charge is 2.12. The van der Waals surface area contributed by atoms with E-state index in [-0.39, 0.29) is 6.92 Å². The molecule has 0 unspecified atom stereocenters. The van der Waals surface area contributed by atoms with Crippen LogP contribution in [0.3, 0.4) is 0 Å². The summed E-state index contributed by atoms with van der Waals surface area (Å²) in [5.74, 6) is 0. The second-order valence-electron chi connectivity index (χ2n) is 2.67. The molecule has 1 heterocycles. The van der Waals surface area contributed by atoms with Crippen LogP contribution in [0.2, 0.25) is 6.32 Å². The standard InChI is InChI=1S/C8H13BOS/c1-2-3-6-9(10)8-5-4-7-11-8/h4-5,7,10H,2-3,6H2,1H3. The van der Waals surface area contributed by atoms with Gasteiger partial charge in [0.15, 0.2) is 0 Å². The van der Waals surface area contributed by atoms with Gasteiger partial charge in [0.1, 0.15) is 0 Å². The summed E-state index contributed by atoms with van der Waals surface area (Å²) in [6, 6.07) is 3.97. The zero-order valence-electron chi connectivity index (χ0n) is 6.79. The fraction of sp³-hybridized carbons (Fsp3) is 0.500. The van der Waals surface area contributed by atoms with Gasteiger partial charge in [-0.05, 0) is 11.7 Å². The van der Waals surface area contributed by atoms with Gasteiger partial charge in [0, 0.05) is 4.78 Å². The Labute approximate surface area is 72.2 Å². The van der Waals surface area contributed by atoms with Crippen LogP contribution in [0.25, 0.3) is 0 Å². The van der Waals surface area contributed by atoms with Gasteiger partial charge in [-0.15, -0.1) is 0 Å². The predicted molar refractivity (Wildman–Crippen MR) is 51.6 cm³/mol. The zero-order chi connectivity index (χ0) is 8.10. The molecule has 0 saturated heterocycles. The zero-order valence-corrected chi connectivity index (χ0v) is 7.60. The lowest BCUT2D eigenvalue weighted by atomic mass is 9.63. The highest BCUT2D eigenvalue weighted by Crippen LogP contribution is 2.02. The van der Waals surface area contributed by atoms with Gasteiger partial charge in [-0.3, -0.25) is 0 Å². The Morgan fingerprint density at radius 2 is 2.45 bits per heavy atom. The summed E-state index contributed by atoms with van der Waals surface area (Å²) in [6.45, 7) is 1.91. The molecular weight excluding hydrogens is 155 g/mol. The number of thiophene rings is 1. The molecule has 11 heavy (non-hydrogen) atoms. The monoisotopic (exact) mass is 168 g/mol. The highest BCUT2D eigenvalue weighted by atomic mass is 32.1. The second kappa shape index (κ2) is 4.57. The van der Waals surface area contributed by atoms with Crippen molar-refractivity contribution < 1.29 is 5.02 Å². The van der Waals surface area contributed by atoms with E-state index in [1.165, 1.54) is 0 Å². The lowest BCUT2D eigenvalue weighted by Gasteiger charge is -2.00. The van der Waals surface area contributed by atoms with Gasteiger partial charge in [0.25, 0.3) is 0 Å². The van der Waals surface area contributed by atoms with Crippen LogP contribution in [0.5, 0.6) is 0 Å². The first-order valence-corrected chi connectivity index (χ1v) is 4.94. The van der Waals surface area contributed by atoms with Crippen molar-refractivity contribution in [2.45, 2.75) is 26.1 Å². The van der Waals surface area contributed by atoms with Crippen LogP contribution >= 0.6 is 11.3 Å². The van der Waals surface area contributed by atoms with Crippen LogP contribution in [-0.4, -0.2) is 11.9 Å². The Morgan fingerprint density at radius 1 is 1.64 bits per heavy atom. The van der Waals surface area contributed by atoms with Crippen LogP contribution in [0.4, 0.5) is 0 Å². The lowest BCUT2D eigenvalue weighted by molar-refractivity contribution is 0.579. The minimum Gasteiger partial charge on any atom is -0.446 e. The quantitative estimate of drug-likeness (QED) is 0.679. The molecule has 1 rings (SSSR count). The smallest absolute Gasteiger partial charge is 0.334 e. The molecule has 0 aliphatic heterocycles. The normalized spacial score (nSPS) is 10.0. The van der Waals surface area contributed by atoms with Gasteiger partial charge in [-0.25, -0.2) is 0 Å². The molecule has 1 aromatic rings. The molecule has 0 bridgehead atoms. The van der Waals surface area contributed by atoms with Crippen LogP contribution < -0.4 is 4.78 Å². The molecule has 0 saturated carbocycles. The van der Waals surface area contributed by atoms with Gasteiger partial charge < -0.3 is 5.02 Å². The minimum atomic E-state index is -0.227. The molecule has 0 fully saturated rings. The van der Waals surface area contributed by atoms with Gasteiger partial charge >= 0.3 is 6.92 Å². The highest BCUT2D eigenvalue weighted by molar-refractivity contribution is 7.21. The van der Waals surface area contributed by atoms with E-state index in [1.807, 2.05) is 17.5 Å². The molecule has 0 amide bonds. The summed E-state index contributed by atoms with van der Waals surface area (Å²) < 4.78 is 1.10. The summed E-state index contributed by atoms with van der Waals surface area (Å²) in [6.07, 6.45) is 3.17. The Hall–Kier alpha value is -0.275. The topological polar surface area (TPSA) is 20.2 Å². The van der Waals surface area contributed by atoms with E-state index < -0.39 is 0 Å². The second-order valence-corrected chi connectivity index (χ2v) is 3.65. The molecule has 1 N–H and O–H groups in total. The SMILES string of the molecule is CCCCB(O)c1cccs1. The molecule has 0 radical (unpaired) electrons. The number of hydrogen-bond acceptors (Lipinski definition) is 2. The van der Waals surface area contributed by atoms with E-state index in [0.717, 1.165) is 23.9 Å². The van der Waals surface area contributed by atoms with Crippen LogP contribution in [0.1, 0.15) is 19.8 Å². The molecule has 0 aliphatic carbocycles. The fourth-order valence-corrected chi connectivity index (χ4v) is 1.77. The van der Waals surface area contributed by atoms with Crippen LogP contribution in [0, 0.1) is 0 Å². The van der Waals surface area contributed by atoms with E-state index >= 15 is 0 Å². The van der Waals surface area contributed by atoms with E-state index in [9.17, 15) is 5.02 Å². The Morgan fingerprint density at radius 3 is 3.00 bits per heavy atom. The largest absolute Gasteiger partial charge is 0.446 e. The first kappa shape index (κ1) is 8.82. The Kier molecular flexibility index (Phi) is 3.67. The number of rotatable bonds is 4. The van der Waals surface area contributed by atoms with E-state index in [4.69, 9.17) is 0 Å². The van der Waals surface area contributed by atoms with Crippen molar-refractivity contribution in [3.05, 3.63) is 17.5 Å². The molecule has 1 aromatic heterocycles. The van der Waals surface area contributed by atoms with Gasteiger partial charge in [-0.2, -0.15) is 11.3 Å². The molecule has 60 valence electrons.